The predicted molar refractivity (Wildman–Crippen MR) is 507 cm³/mol. The molecule has 13 N–H and O–H groups in total. The summed E-state index contributed by atoms with van der Waals surface area (Å²) in [6, 6.07) is 36.7. The number of ketones is 2. The van der Waals surface area contributed by atoms with Crippen molar-refractivity contribution >= 4 is 128 Å². The number of ether oxygens (including phenoxy) is 10. The van der Waals surface area contributed by atoms with Crippen LogP contribution in [-0.2, 0) is 48.6 Å². The van der Waals surface area contributed by atoms with Crippen LogP contribution in [0.15, 0.2) is 128 Å². The van der Waals surface area contributed by atoms with Crippen molar-refractivity contribution in [2.45, 2.75) is 182 Å². The van der Waals surface area contributed by atoms with Crippen LogP contribution in [-0.4, -0.2) is 141 Å². The number of nitrogens with two attached hydrogens (primary N) is 3. The molecule has 128 heavy (non-hydrogen) atoms. The van der Waals surface area contributed by atoms with Gasteiger partial charge in [-0.1, -0.05) is 79.7 Å². The lowest BCUT2D eigenvalue weighted by Gasteiger charge is -2.21. The molecule has 10 aromatic rings. The van der Waals surface area contributed by atoms with Gasteiger partial charge in [-0.25, -0.2) is 14.6 Å². The molecule has 31 nitrogen and oxygen atoms in total. The first-order valence-electron chi connectivity index (χ1n) is 41.1. The average Bonchev–Trinajstić information content (AvgIpc) is 1.63. The van der Waals surface area contributed by atoms with Crippen molar-refractivity contribution in [3.05, 3.63) is 183 Å². The third-order valence-corrected chi connectivity index (χ3v) is 18.6. The van der Waals surface area contributed by atoms with Gasteiger partial charge in [0.05, 0.1) is 90.9 Å². The SMILES string of the molecule is CCOC(=O)C(C)C(C)=O.CCOC(=O)c1[nH]c2cc(OC)c(C(C)C)cc2c1C.CCOC(=O)c1[nH]c2cc(Oc3cnc(N)nc3N)c(C(C)C)cc2c1C.COc1cc(N)ccc1C(C)C.COc1cc(NC(C)=O)ccc1C(C)(C)O.COc1cc(NC(C)=O)ccc1C(C)=O.COc1cc(NC(C)=O)ccc1C(C)C.COc1cccc(NC(C)=O)c1.Cl. The Labute approximate surface area is 757 Å². The zero-order chi connectivity index (χ0) is 96.0. The standard InChI is InChI=1S/C19H23N5O3.C16H21NO3.C12H17NO3.C12H17NO2.C11H13NO3.C10H15NO.C9H11NO2.C7H12O3.ClH/c1-5-26-18(25)16-10(4)12-6-11(9(2)3)14(7-13(12)23-16)27-15-8-22-19(21)24-17(15)20;1-6-20-16(18)15-10(4)12-7-11(9(2)3)14(19-5)8-13(12)17-15;1-8(14)13-9-5-6-10(12(2,3)15)11(7-9)16-4;1-8(2)11-6-5-10(13-9(3)14)7-12(11)15-4;1-7(13)10-5-4-9(12-8(2)14)6-11(10)15-3;1-7(2)9-5-4-8(11)6-10(9)12-3;1-7(11)10-8-4-3-5-9(6-8)12-2;1-4-10-7(9)5(2)6(3)8;/h6-9,23H,5H2,1-4H3,(H4,20,21,22,24);7-9,17H,6H2,1-5H3;5-7,15H,1-4H3,(H,13,14);5-8H,1-4H3,(H,13,14);4-6H,1-3H3,(H,12,14);4-7H,11H2,1-3H3;3-6H,1-2H3,(H,10,11);5H,4H2,1-3H3;1H. The number of carbonyl (C=O) groups excluding carboxylic acids is 9. The number of aryl methyl sites for hydroxylation is 2. The summed E-state index contributed by atoms with van der Waals surface area (Å²) in [4.78, 5) is 114. The van der Waals surface area contributed by atoms with Gasteiger partial charge < -0.3 is 101 Å². The van der Waals surface area contributed by atoms with Crippen LogP contribution in [0, 0.1) is 19.8 Å². The first-order valence-corrected chi connectivity index (χ1v) is 41.1. The van der Waals surface area contributed by atoms with Crippen LogP contribution in [0.4, 0.5) is 40.2 Å². The Bertz CT molecular complexity index is 5380. The van der Waals surface area contributed by atoms with E-state index in [0.29, 0.717) is 94.5 Å². The maximum absolute atomic E-state index is 12.2. The Kier molecular flexibility index (Phi) is 46.5. The highest BCUT2D eigenvalue weighted by atomic mass is 35.5. The Hall–Kier alpha value is -13.4. The lowest BCUT2D eigenvalue weighted by atomic mass is 9.97. The minimum atomic E-state index is -0.972. The number of halogens is 1. The fraction of sp³-hybridized carbons (Fsp3) is 0.385. The number of fused-ring (bicyclic) bond motifs is 2. The van der Waals surface area contributed by atoms with Gasteiger partial charge in [0.15, 0.2) is 17.4 Å². The second-order valence-electron chi connectivity index (χ2n) is 30.4. The number of benzene rings is 7. The molecule has 1 atom stereocenters. The molecule has 0 saturated heterocycles. The quantitative estimate of drug-likeness (QED) is 0.00835. The van der Waals surface area contributed by atoms with Crippen LogP contribution in [0.3, 0.4) is 0 Å². The number of aromatic nitrogens is 4. The van der Waals surface area contributed by atoms with Gasteiger partial charge in [0.2, 0.25) is 29.6 Å². The molecule has 32 heteroatoms. The number of nitrogens with zero attached hydrogens (tertiary/aromatic N) is 2. The number of hydrogen-bond donors (Lipinski definition) is 10. The van der Waals surface area contributed by atoms with E-state index >= 15 is 0 Å². The van der Waals surface area contributed by atoms with Crippen molar-refractivity contribution in [3.8, 4) is 46.0 Å². The van der Waals surface area contributed by atoms with Crippen molar-refractivity contribution in [2.75, 3.05) is 101 Å². The number of esters is 3. The Balaban J connectivity index is 0.000000504. The number of Topliss-reactive ketones (excluding diaryl/α,β-unsaturated/α-hetero) is 2. The molecule has 0 saturated carbocycles. The van der Waals surface area contributed by atoms with Crippen molar-refractivity contribution in [1.82, 2.24) is 19.9 Å². The Morgan fingerprint density at radius 3 is 1.23 bits per heavy atom. The number of nitrogen functional groups attached to an aromatic ring is 3. The number of hydrogen-bond acceptors (Lipinski definition) is 25. The van der Waals surface area contributed by atoms with E-state index in [2.05, 4.69) is 107 Å². The molecule has 4 amide bonds. The fourth-order valence-corrected chi connectivity index (χ4v) is 12.1. The number of anilines is 7. The number of methoxy groups -OCH3 is 6. The van der Waals surface area contributed by atoms with Crippen LogP contribution in [0.1, 0.15) is 232 Å². The number of aliphatic hydroxyl groups is 1. The number of rotatable bonds is 25. The van der Waals surface area contributed by atoms with E-state index in [9.17, 15) is 48.3 Å². The van der Waals surface area contributed by atoms with E-state index in [0.717, 1.165) is 89.7 Å². The highest BCUT2D eigenvalue weighted by molar-refractivity contribution is 6.01. The van der Waals surface area contributed by atoms with Crippen LogP contribution in [0.5, 0.6) is 46.0 Å². The van der Waals surface area contributed by atoms with Crippen molar-refractivity contribution in [2.24, 2.45) is 5.92 Å². The maximum atomic E-state index is 12.2. The third-order valence-electron chi connectivity index (χ3n) is 18.6. The normalized spacial score (nSPS) is 10.6. The first kappa shape index (κ1) is 111. The summed E-state index contributed by atoms with van der Waals surface area (Å²) >= 11 is 0. The van der Waals surface area contributed by atoms with Gasteiger partial charge in [0, 0.05) is 115 Å². The molecule has 0 bridgehead atoms. The lowest BCUT2D eigenvalue weighted by Crippen LogP contribution is -2.20. The van der Waals surface area contributed by atoms with Crippen molar-refractivity contribution < 1.29 is 95.6 Å². The number of carbonyl (C=O) groups is 9. The third kappa shape index (κ3) is 34.8. The summed E-state index contributed by atoms with van der Waals surface area (Å²) in [5.74, 6) is 4.46. The summed E-state index contributed by atoms with van der Waals surface area (Å²) in [5, 5.41) is 22.5. The predicted octanol–water partition coefficient (Wildman–Crippen LogP) is 19.1. The molecule has 0 aliphatic rings. The van der Waals surface area contributed by atoms with Crippen LogP contribution >= 0.6 is 12.4 Å². The molecule has 0 fully saturated rings. The monoisotopic (exact) mass is 1790 g/mol. The van der Waals surface area contributed by atoms with Gasteiger partial charge in [0.25, 0.3) is 0 Å². The molecule has 3 heterocycles. The molecule has 696 valence electrons. The van der Waals surface area contributed by atoms with Gasteiger partial charge in [-0.2, -0.15) is 4.98 Å². The van der Waals surface area contributed by atoms with Gasteiger partial charge in [-0.15, -0.1) is 12.4 Å². The highest BCUT2D eigenvalue weighted by Crippen LogP contribution is 2.40. The summed E-state index contributed by atoms with van der Waals surface area (Å²) in [6.45, 7) is 40.6. The minimum Gasteiger partial charge on any atom is -0.497 e. The molecular weight excluding hydrogens is 1660 g/mol. The number of H-pyrrole nitrogens is 2. The molecule has 3 aromatic heterocycles. The largest absolute Gasteiger partial charge is 0.497 e. The lowest BCUT2D eigenvalue weighted by molar-refractivity contribution is -0.150. The van der Waals surface area contributed by atoms with E-state index in [4.69, 9.17) is 59.8 Å². The molecule has 0 radical (unpaired) electrons. The molecular formula is C96H130ClN11O20. The van der Waals surface area contributed by atoms with Crippen molar-refractivity contribution in [1.29, 1.82) is 0 Å². The van der Waals surface area contributed by atoms with Crippen molar-refractivity contribution in [3.63, 3.8) is 0 Å². The number of nitrogens with one attached hydrogen (secondary N) is 6. The van der Waals surface area contributed by atoms with Gasteiger partial charge in [-0.05, 0) is 181 Å². The summed E-state index contributed by atoms with van der Waals surface area (Å²) in [5.41, 5.74) is 29.6. The Morgan fingerprint density at radius 1 is 0.445 bits per heavy atom. The second kappa shape index (κ2) is 53.8. The molecule has 0 aliphatic carbocycles. The van der Waals surface area contributed by atoms with Crippen LogP contribution in [0.2, 0.25) is 0 Å². The van der Waals surface area contributed by atoms with Crippen LogP contribution in [0.25, 0.3) is 21.8 Å². The number of aromatic amines is 2. The topological polar surface area (TPSA) is 450 Å². The molecule has 0 aliphatic heterocycles. The van der Waals surface area contributed by atoms with E-state index in [1.165, 1.54) is 67.5 Å². The van der Waals surface area contributed by atoms with Gasteiger partial charge in [-0.3, -0.25) is 33.6 Å². The zero-order valence-corrected chi connectivity index (χ0v) is 79.7. The summed E-state index contributed by atoms with van der Waals surface area (Å²) in [6.07, 6.45) is 1.44. The summed E-state index contributed by atoms with van der Waals surface area (Å²) < 4.78 is 51.9. The maximum Gasteiger partial charge on any atom is 0.355 e. The van der Waals surface area contributed by atoms with Crippen LogP contribution < -0.4 is 71.6 Å². The molecule has 1 unspecified atom stereocenters. The van der Waals surface area contributed by atoms with E-state index in [-0.39, 0.29) is 77.2 Å². The molecule has 0 spiro atoms. The van der Waals surface area contributed by atoms with E-state index in [1.54, 1.807) is 112 Å². The minimum absolute atomic E-state index is 0. The Morgan fingerprint density at radius 2 is 0.836 bits per heavy atom. The number of amides is 4. The smallest absolute Gasteiger partial charge is 0.355 e. The summed E-state index contributed by atoms with van der Waals surface area (Å²) in [7, 11) is 9.57. The van der Waals surface area contributed by atoms with E-state index < -0.39 is 17.5 Å². The fourth-order valence-electron chi connectivity index (χ4n) is 12.1. The van der Waals surface area contributed by atoms with E-state index in [1.807, 2.05) is 86.6 Å². The van der Waals surface area contributed by atoms with Gasteiger partial charge in [0.1, 0.15) is 63.3 Å². The first-order chi connectivity index (χ1) is 59.7. The zero-order valence-electron chi connectivity index (χ0n) is 78.9. The average molecular weight is 1790 g/mol. The molecule has 10 rings (SSSR count). The molecule has 7 aromatic carbocycles. The highest BCUT2D eigenvalue weighted by Gasteiger charge is 2.25. The van der Waals surface area contributed by atoms with Gasteiger partial charge >= 0.3 is 17.9 Å². The second-order valence-corrected chi connectivity index (χ2v) is 30.4.